The molecule has 4 heteroatoms. The fourth-order valence-corrected chi connectivity index (χ4v) is 2.39. The minimum absolute atomic E-state index is 0.583. The van der Waals surface area contributed by atoms with E-state index < -0.39 is 0 Å². The van der Waals surface area contributed by atoms with Gasteiger partial charge in [-0.2, -0.15) is 5.26 Å². The third-order valence-corrected chi connectivity index (χ3v) is 3.43. The molecule has 3 N–H and O–H groups in total. The molecule has 2 rings (SSSR count). The second-order valence-electron chi connectivity index (χ2n) is 3.78. The van der Waals surface area contributed by atoms with Crippen molar-refractivity contribution in [3.8, 4) is 6.07 Å². The topological polar surface area (TPSA) is 61.8 Å². The molecule has 0 spiro atoms. The maximum absolute atomic E-state index is 8.74. The predicted octanol–water partition coefficient (Wildman–Crippen LogP) is 3.12. The van der Waals surface area contributed by atoms with Gasteiger partial charge in [-0.25, -0.2) is 0 Å². The lowest BCUT2D eigenvalue weighted by atomic mass is 10.2. The van der Waals surface area contributed by atoms with Gasteiger partial charge in [-0.15, -0.1) is 11.3 Å². The Labute approximate surface area is 105 Å². The van der Waals surface area contributed by atoms with Crippen molar-refractivity contribution in [3.05, 3.63) is 45.6 Å². The van der Waals surface area contributed by atoms with Gasteiger partial charge in [0.15, 0.2) is 0 Å². The molecule has 0 aliphatic carbocycles. The zero-order chi connectivity index (χ0) is 12.3. The number of thiophene rings is 1. The van der Waals surface area contributed by atoms with Gasteiger partial charge < -0.3 is 11.1 Å². The average molecular weight is 243 g/mol. The van der Waals surface area contributed by atoms with Crippen molar-refractivity contribution in [2.75, 3.05) is 11.1 Å². The van der Waals surface area contributed by atoms with Gasteiger partial charge >= 0.3 is 0 Å². The van der Waals surface area contributed by atoms with Gasteiger partial charge in [-0.3, -0.25) is 0 Å². The van der Waals surface area contributed by atoms with Crippen LogP contribution in [0.2, 0.25) is 0 Å². The van der Waals surface area contributed by atoms with E-state index in [1.54, 1.807) is 23.5 Å². The minimum Gasteiger partial charge on any atom is -0.397 e. The van der Waals surface area contributed by atoms with Crippen LogP contribution in [0.3, 0.4) is 0 Å². The molecule has 0 unspecified atom stereocenters. The maximum atomic E-state index is 8.74. The summed E-state index contributed by atoms with van der Waals surface area (Å²) in [7, 11) is 0. The Morgan fingerprint density at radius 3 is 2.76 bits per heavy atom. The van der Waals surface area contributed by atoms with Crippen LogP contribution in [0, 0.1) is 18.3 Å². The van der Waals surface area contributed by atoms with Gasteiger partial charge in [-0.1, -0.05) is 0 Å². The van der Waals surface area contributed by atoms with Crippen LogP contribution in [-0.2, 0) is 6.54 Å². The monoisotopic (exact) mass is 243 g/mol. The SMILES string of the molecule is Cc1ccc(CNc2ccc(C#N)cc2N)s1. The van der Waals surface area contributed by atoms with Crippen molar-refractivity contribution in [1.29, 1.82) is 5.26 Å². The summed E-state index contributed by atoms with van der Waals surface area (Å²) in [6.07, 6.45) is 0. The smallest absolute Gasteiger partial charge is 0.0992 e. The molecular weight excluding hydrogens is 230 g/mol. The Morgan fingerprint density at radius 2 is 2.18 bits per heavy atom. The molecule has 0 saturated heterocycles. The van der Waals surface area contributed by atoms with Crippen LogP contribution in [0.25, 0.3) is 0 Å². The van der Waals surface area contributed by atoms with E-state index in [1.165, 1.54) is 9.75 Å². The van der Waals surface area contributed by atoms with Gasteiger partial charge in [0.2, 0.25) is 0 Å². The van der Waals surface area contributed by atoms with Crippen LogP contribution in [0.1, 0.15) is 15.3 Å². The van der Waals surface area contributed by atoms with Crippen LogP contribution >= 0.6 is 11.3 Å². The summed E-state index contributed by atoms with van der Waals surface area (Å²) in [5.74, 6) is 0. The normalized spacial score (nSPS) is 9.88. The first-order valence-electron chi connectivity index (χ1n) is 5.28. The van der Waals surface area contributed by atoms with Crippen molar-refractivity contribution in [1.82, 2.24) is 0 Å². The number of nitrogens with two attached hydrogens (primary N) is 1. The lowest BCUT2D eigenvalue weighted by Crippen LogP contribution is -2.01. The fraction of sp³-hybridized carbons (Fsp3) is 0.154. The summed E-state index contributed by atoms with van der Waals surface area (Å²) in [6, 6.07) is 11.6. The van der Waals surface area contributed by atoms with E-state index in [9.17, 15) is 0 Å². The lowest BCUT2D eigenvalue weighted by molar-refractivity contribution is 1.19. The van der Waals surface area contributed by atoms with E-state index in [-0.39, 0.29) is 0 Å². The highest BCUT2D eigenvalue weighted by Crippen LogP contribution is 2.22. The Hall–Kier alpha value is -1.99. The van der Waals surface area contributed by atoms with Gasteiger partial charge in [0.1, 0.15) is 0 Å². The Kier molecular flexibility index (Phi) is 3.31. The van der Waals surface area contributed by atoms with Crippen LogP contribution in [-0.4, -0.2) is 0 Å². The molecule has 0 atom stereocenters. The maximum Gasteiger partial charge on any atom is 0.0992 e. The summed E-state index contributed by atoms with van der Waals surface area (Å²) in [6.45, 7) is 2.85. The van der Waals surface area contributed by atoms with Gasteiger partial charge in [0.05, 0.1) is 23.0 Å². The Bertz CT molecular complexity index is 566. The van der Waals surface area contributed by atoms with E-state index in [2.05, 4.69) is 30.4 Å². The number of nitrogen functional groups attached to an aromatic ring is 1. The molecule has 1 heterocycles. The Morgan fingerprint density at radius 1 is 1.35 bits per heavy atom. The second kappa shape index (κ2) is 4.89. The van der Waals surface area contributed by atoms with Gasteiger partial charge in [0, 0.05) is 16.3 Å². The van der Waals surface area contributed by atoms with Gasteiger partial charge in [0.25, 0.3) is 0 Å². The molecule has 0 aliphatic heterocycles. The van der Waals surface area contributed by atoms with E-state index in [4.69, 9.17) is 11.0 Å². The van der Waals surface area contributed by atoms with E-state index in [0.717, 1.165) is 12.2 Å². The summed E-state index contributed by atoms with van der Waals surface area (Å²) < 4.78 is 0. The number of nitrogens with one attached hydrogen (secondary N) is 1. The zero-order valence-electron chi connectivity index (χ0n) is 9.53. The van der Waals surface area contributed by atoms with E-state index in [1.807, 2.05) is 6.07 Å². The van der Waals surface area contributed by atoms with Crippen molar-refractivity contribution in [2.24, 2.45) is 0 Å². The third kappa shape index (κ3) is 2.77. The number of anilines is 2. The third-order valence-electron chi connectivity index (χ3n) is 2.43. The van der Waals surface area contributed by atoms with E-state index in [0.29, 0.717) is 11.3 Å². The molecule has 0 saturated carbocycles. The molecule has 1 aromatic heterocycles. The van der Waals surface area contributed by atoms with Crippen molar-refractivity contribution < 1.29 is 0 Å². The summed E-state index contributed by atoms with van der Waals surface area (Å²) in [5, 5.41) is 12.0. The first-order valence-corrected chi connectivity index (χ1v) is 6.09. The first-order chi connectivity index (χ1) is 8.19. The molecule has 0 radical (unpaired) electrons. The van der Waals surface area contributed by atoms with Crippen LogP contribution in [0.15, 0.2) is 30.3 Å². The lowest BCUT2D eigenvalue weighted by Gasteiger charge is -2.08. The summed E-state index contributed by atoms with van der Waals surface area (Å²) in [4.78, 5) is 2.57. The molecular formula is C13H13N3S. The first kappa shape index (κ1) is 11.5. The van der Waals surface area contributed by atoms with E-state index >= 15 is 0 Å². The molecule has 3 nitrogen and oxygen atoms in total. The highest BCUT2D eigenvalue weighted by atomic mass is 32.1. The van der Waals surface area contributed by atoms with Crippen molar-refractivity contribution in [3.63, 3.8) is 0 Å². The van der Waals surface area contributed by atoms with Crippen molar-refractivity contribution in [2.45, 2.75) is 13.5 Å². The molecule has 86 valence electrons. The number of nitrogens with zero attached hydrogens (tertiary/aromatic N) is 1. The number of hydrogen-bond donors (Lipinski definition) is 2. The molecule has 0 bridgehead atoms. The predicted molar refractivity (Wildman–Crippen MR) is 72.0 cm³/mol. The van der Waals surface area contributed by atoms with Crippen LogP contribution in [0.4, 0.5) is 11.4 Å². The highest BCUT2D eigenvalue weighted by Gasteiger charge is 2.01. The number of hydrogen-bond acceptors (Lipinski definition) is 4. The number of nitriles is 1. The number of rotatable bonds is 3. The number of aryl methyl sites for hydroxylation is 1. The fourth-order valence-electron chi connectivity index (χ4n) is 1.56. The molecule has 0 aliphatic rings. The molecule has 17 heavy (non-hydrogen) atoms. The zero-order valence-corrected chi connectivity index (χ0v) is 10.3. The summed E-state index contributed by atoms with van der Waals surface area (Å²) >= 11 is 1.76. The molecule has 1 aromatic carbocycles. The van der Waals surface area contributed by atoms with Crippen molar-refractivity contribution >= 4 is 22.7 Å². The Balaban J connectivity index is 2.07. The molecule has 0 fully saturated rings. The number of benzene rings is 1. The minimum atomic E-state index is 0.583. The average Bonchev–Trinajstić information content (AvgIpc) is 2.73. The quantitative estimate of drug-likeness (QED) is 0.814. The van der Waals surface area contributed by atoms with Gasteiger partial charge in [-0.05, 0) is 37.3 Å². The molecule has 2 aromatic rings. The largest absolute Gasteiger partial charge is 0.397 e. The van der Waals surface area contributed by atoms with Crippen LogP contribution in [0.5, 0.6) is 0 Å². The highest BCUT2D eigenvalue weighted by molar-refractivity contribution is 7.11. The second-order valence-corrected chi connectivity index (χ2v) is 5.15. The standard InChI is InChI=1S/C13H13N3S/c1-9-2-4-11(17-9)8-16-13-5-3-10(7-14)6-12(13)15/h2-6,16H,8,15H2,1H3. The van der Waals surface area contributed by atoms with Crippen LogP contribution < -0.4 is 11.1 Å². The molecule has 0 amide bonds. The summed E-state index contributed by atoms with van der Waals surface area (Å²) in [5.41, 5.74) is 7.92.